The van der Waals surface area contributed by atoms with Crippen molar-refractivity contribution in [3.63, 3.8) is 0 Å². The lowest BCUT2D eigenvalue weighted by Crippen LogP contribution is -2.53. The van der Waals surface area contributed by atoms with Crippen molar-refractivity contribution >= 4 is 5.91 Å². The highest BCUT2D eigenvalue weighted by Gasteiger charge is 2.25. The minimum atomic E-state index is 0.303. The van der Waals surface area contributed by atoms with E-state index < -0.39 is 0 Å². The van der Waals surface area contributed by atoms with Crippen LogP contribution in [0.2, 0.25) is 0 Å². The summed E-state index contributed by atoms with van der Waals surface area (Å²) in [5, 5.41) is 0. The molecular formula is C13H27N3O. The standard InChI is InChI=1S/C13H27N3O/c1-4-12-10-16(8-7-15(12)3)13(17)6-5-11(2)9-14/h11-12H,4-10,14H2,1-3H3. The van der Waals surface area contributed by atoms with Crippen molar-refractivity contribution in [3.8, 4) is 0 Å². The average molecular weight is 241 g/mol. The van der Waals surface area contributed by atoms with Gasteiger partial charge in [-0.1, -0.05) is 13.8 Å². The third kappa shape index (κ3) is 4.28. The van der Waals surface area contributed by atoms with E-state index in [2.05, 4.69) is 25.8 Å². The van der Waals surface area contributed by atoms with Crippen molar-refractivity contribution < 1.29 is 4.79 Å². The van der Waals surface area contributed by atoms with Gasteiger partial charge >= 0.3 is 0 Å². The van der Waals surface area contributed by atoms with Gasteiger partial charge in [-0.15, -0.1) is 0 Å². The van der Waals surface area contributed by atoms with Crippen LogP contribution in [0, 0.1) is 5.92 Å². The minimum absolute atomic E-state index is 0.303. The summed E-state index contributed by atoms with van der Waals surface area (Å²) in [6.07, 6.45) is 2.68. The van der Waals surface area contributed by atoms with Gasteiger partial charge in [0.2, 0.25) is 5.91 Å². The van der Waals surface area contributed by atoms with Crippen LogP contribution in [0.5, 0.6) is 0 Å². The van der Waals surface area contributed by atoms with E-state index in [1.807, 2.05) is 4.90 Å². The van der Waals surface area contributed by atoms with E-state index in [1.165, 1.54) is 0 Å². The van der Waals surface area contributed by atoms with Crippen molar-refractivity contribution in [1.29, 1.82) is 0 Å². The van der Waals surface area contributed by atoms with Crippen molar-refractivity contribution in [3.05, 3.63) is 0 Å². The predicted molar refractivity (Wildman–Crippen MR) is 70.7 cm³/mol. The summed E-state index contributed by atoms with van der Waals surface area (Å²) in [6.45, 7) is 7.73. The number of nitrogens with two attached hydrogens (primary N) is 1. The molecule has 2 unspecified atom stereocenters. The molecule has 4 nitrogen and oxygen atoms in total. The fraction of sp³-hybridized carbons (Fsp3) is 0.923. The fourth-order valence-corrected chi connectivity index (χ4v) is 2.26. The van der Waals surface area contributed by atoms with E-state index in [0.717, 1.165) is 32.5 Å². The van der Waals surface area contributed by atoms with E-state index >= 15 is 0 Å². The summed E-state index contributed by atoms with van der Waals surface area (Å²) in [4.78, 5) is 16.4. The van der Waals surface area contributed by atoms with Crippen LogP contribution < -0.4 is 5.73 Å². The number of piperazine rings is 1. The molecule has 2 N–H and O–H groups in total. The van der Waals surface area contributed by atoms with Crippen LogP contribution in [0.15, 0.2) is 0 Å². The Labute approximate surface area is 105 Å². The Balaban J connectivity index is 2.37. The molecule has 0 spiro atoms. The van der Waals surface area contributed by atoms with Crippen LogP contribution >= 0.6 is 0 Å². The van der Waals surface area contributed by atoms with Gasteiger partial charge < -0.3 is 10.6 Å². The Hall–Kier alpha value is -0.610. The summed E-state index contributed by atoms with van der Waals surface area (Å²) in [6, 6.07) is 0.527. The molecular weight excluding hydrogens is 214 g/mol. The second-order valence-electron chi connectivity index (χ2n) is 5.26. The summed E-state index contributed by atoms with van der Waals surface area (Å²) in [5.74, 6) is 0.755. The van der Waals surface area contributed by atoms with Gasteiger partial charge in [0.15, 0.2) is 0 Å². The molecule has 1 aliphatic heterocycles. The van der Waals surface area contributed by atoms with Gasteiger partial charge in [-0.2, -0.15) is 0 Å². The van der Waals surface area contributed by atoms with E-state index in [9.17, 15) is 4.79 Å². The zero-order valence-corrected chi connectivity index (χ0v) is 11.5. The quantitative estimate of drug-likeness (QED) is 0.778. The van der Waals surface area contributed by atoms with Gasteiger partial charge in [-0.05, 0) is 32.4 Å². The summed E-state index contributed by atoms with van der Waals surface area (Å²) >= 11 is 0. The van der Waals surface area contributed by atoms with Gasteiger partial charge in [0, 0.05) is 32.1 Å². The van der Waals surface area contributed by atoms with Crippen LogP contribution in [0.1, 0.15) is 33.1 Å². The Morgan fingerprint density at radius 2 is 2.18 bits per heavy atom. The molecule has 1 rings (SSSR count). The topological polar surface area (TPSA) is 49.6 Å². The summed E-state index contributed by atoms with van der Waals surface area (Å²) < 4.78 is 0. The first-order chi connectivity index (χ1) is 8.08. The maximum Gasteiger partial charge on any atom is 0.222 e. The largest absolute Gasteiger partial charge is 0.340 e. The van der Waals surface area contributed by atoms with Crippen molar-refractivity contribution in [1.82, 2.24) is 9.80 Å². The molecule has 100 valence electrons. The normalized spacial score (nSPS) is 23.8. The number of carbonyl (C=O) groups is 1. The molecule has 1 fully saturated rings. The Morgan fingerprint density at radius 1 is 1.47 bits per heavy atom. The first-order valence-electron chi connectivity index (χ1n) is 6.76. The number of hydrogen-bond donors (Lipinski definition) is 1. The zero-order valence-electron chi connectivity index (χ0n) is 11.5. The molecule has 2 atom stereocenters. The number of nitrogens with zero attached hydrogens (tertiary/aromatic N) is 2. The number of hydrogen-bond acceptors (Lipinski definition) is 3. The highest BCUT2D eigenvalue weighted by molar-refractivity contribution is 5.76. The molecule has 0 aromatic rings. The molecule has 0 aliphatic carbocycles. The van der Waals surface area contributed by atoms with Gasteiger partial charge in [0.05, 0.1) is 0 Å². The maximum absolute atomic E-state index is 12.1. The molecule has 17 heavy (non-hydrogen) atoms. The molecule has 0 bridgehead atoms. The van der Waals surface area contributed by atoms with Crippen molar-refractivity contribution in [2.75, 3.05) is 33.2 Å². The number of likely N-dealkylation sites (N-methyl/N-ethyl adjacent to an activating group) is 1. The van der Waals surface area contributed by atoms with E-state index in [4.69, 9.17) is 5.73 Å². The van der Waals surface area contributed by atoms with Crippen LogP contribution in [0.25, 0.3) is 0 Å². The Bertz CT molecular complexity index is 245. The molecule has 0 aromatic heterocycles. The lowest BCUT2D eigenvalue weighted by molar-refractivity contribution is -0.134. The SMILES string of the molecule is CCC1CN(C(=O)CCC(C)CN)CCN1C. The van der Waals surface area contributed by atoms with Crippen LogP contribution in [-0.4, -0.2) is 55.0 Å². The second-order valence-corrected chi connectivity index (χ2v) is 5.26. The van der Waals surface area contributed by atoms with Crippen molar-refractivity contribution in [2.45, 2.75) is 39.2 Å². The fourth-order valence-electron chi connectivity index (χ4n) is 2.26. The molecule has 4 heteroatoms. The number of carbonyl (C=O) groups excluding carboxylic acids is 1. The van der Waals surface area contributed by atoms with E-state index in [1.54, 1.807) is 0 Å². The van der Waals surface area contributed by atoms with Crippen LogP contribution in [0.4, 0.5) is 0 Å². The third-order valence-electron chi connectivity index (χ3n) is 3.85. The Morgan fingerprint density at radius 3 is 2.76 bits per heavy atom. The number of amides is 1. The maximum atomic E-state index is 12.1. The summed E-state index contributed by atoms with van der Waals surface area (Å²) in [5.41, 5.74) is 5.57. The second kappa shape index (κ2) is 6.97. The predicted octanol–water partition coefficient (Wildman–Crippen LogP) is 0.914. The van der Waals surface area contributed by atoms with Crippen LogP contribution in [0.3, 0.4) is 0 Å². The first kappa shape index (κ1) is 14.5. The zero-order chi connectivity index (χ0) is 12.8. The van der Waals surface area contributed by atoms with E-state index in [-0.39, 0.29) is 0 Å². The van der Waals surface area contributed by atoms with Gasteiger partial charge in [-0.3, -0.25) is 9.69 Å². The Kier molecular flexibility index (Phi) is 5.92. The third-order valence-corrected chi connectivity index (χ3v) is 3.85. The highest BCUT2D eigenvalue weighted by Crippen LogP contribution is 2.13. The smallest absolute Gasteiger partial charge is 0.222 e. The molecule has 0 radical (unpaired) electrons. The molecule has 1 aliphatic rings. The summed E-state index contributed by atoms with van der Waals surface area (Å²) in [7, 11) is 2.15. The van der Waals surface area contributed by atoms with Gasteiger partial charge in [0.25, 0.3) is 0 Å². The first-order valence-corrected chi connectivity index (χ1v) is 6.76. The molecule has 1 heterocycles. The molecule has 0 saturated carbocycles. The molecule has 1 amide bonds. The lowest BCUT2D eigenvalue weighted by atomic mass is 10.0. The minimum Gasteiger partial charge on any atom is -0.340 e. The average Bonchev–Trinajstić information content (AvgIpc) is 2.35. The molecule has 0 aromatic carbocycles. The monoisotopic (exact) mass is 241 g/mol. The van der Waals surface area contributed by atoms with Crippen molar-refractivity contribution in [2.24, 2.45) is 11.7 Å². The highest BCUT2D eigenvalue weighted by atomic mass is 16.2. The number of rotatable bonds is 5. The van der Waals surface area contributed by atoms with E-state index in [0.29, 0.717) is 30.8 Å². The van der Waals surface area contributed by atoms with Gasteiger partial charge in [0.1, 0.15) is 0 Å². The molecule has 1 saturated heterocycles. The lowest BCUT2D eigenvalue weighted by Gasteiger charge is -2.39. The van der Waals surface area contributed by atoms with Crippen LogP contribution in [-0.2, 0) is 4.79 Å². The van der Waals surface area contributed by atoms with Gasteiger partial charge in [-0.25, -0.2) is 0 Å².